The number of ether oxygens (including phenoxy) is 3. The van der Waals surface area contributed by atoms with Crippen LogP contribution in [0.1, 0.15) is 23.1 Å². The van der Waals surface area contributed by atoms with E-state index in [1.54, 1.807) is 7.11 Å². The molecule has 1 saturated carbocycles. The van der Waals surface area contributed by atoms with Crippen molar-refractivity contribution in [2.75, 3.05) is 27.4 Å². The lowest BCUT2D eigenvalue weighted by Gasteiger charge is -2.44. The summed E-state index contributed by atoms with van der Waals surface area (Å²) in [6, 6.07) is 4.62. The van der Waals surface area contributed by atoms with Crippen molar-refractivity contribution in [2.24, 2.45) is 0 Å². The average molecular weight is 293 g/mol. The van der Waals surface area contributed by atoms with Gasteiger partial charge in [0.1, 0.15) is 18.0 Å². The summed E-state index contributed by atoms with van der Waals surface area (Å²) in [5, 5.41) is 3.29. The molecule has 21 heavy (non-hydrogen) atoms. The molecule has 0 heterocycles. The van der Waals surface area contributed by atoms with Crippen LogP contribution in [0.15, 0.2) is 12.1 Å². The monoisotopic (exact) mass is 293 g/mol. The third kappa shape index (κ3) is 3.57. The first kappa shape index (κ1) is 16.3. The Balaban J connectivity index is 2.03. The van der Waals surface area contributed by atoms with E-state index < -0.39 is 0 Å². The van der Waals surface area contributed by atoms with E-state index in [-0.39, 0.29) is 12.2 Å². The molecule has 0 aromatic heterocycles. The third-order valence-electron chi connectivity index (χ3n) is 4.36. The number of nitrogens with one attached hydrogen (secondary N) is 1. The number of likely N-dealkylation sites (N-methyl/N-ethyl adjacent to an activating group) is 1. The normalized spacial score (nSPS) is 24.7. The fraction of sp³-hybridized carbons (Fsp3) is 0.647. The minimum Gasteiger partial charge on any atom is -0.487 e. The second-order valence-electron chi connectivity index (χ2n) is 5.77. The van der Waals surface area contributed by atoms with Crippen LogP contribution in [0.5, 0.6) is 5.75 Å². The fourth-order valence-electron chi connectivity index (χ4n) is 2.73. The van der Waals surface area contributed by atoms with Crippen molar-refractivity contribution >= 4 is 0 Å². The van der Waals surface area contributed by atoms with Gasteiger partial charge < -0.3 is 19.5 Å². The molecule has 1 fully saturated rings. The van der Waals surface area contributed by atoms with Gasteiger partial charge in [0.05, 0.1) is 13.2 Å². The van der Waals surface area contributed by atoms with Crippen molar-refractivity contribution in [3.8, 4) is 5.75 Å². The molecule has 3 unspecified atom stereocenters. The quantitative estimate of drug-likeness (QED) is 0.784. The predicted octanol–water partition coefficient (Wildman–Crippen LogP) is 2.38. The van der Waals surface area contributed by atoms with Crippen molar-refractivity contribution in [1.82, 2.24) is 5.32 Å². The lowest BCUT2D eigenvalue weighted by molar-refractivity contribution is -0.114. The Hall–Kier alpha value is -1.10. The topological polar surface area (TPSA) is 39.7 Å². The lowest BCUT2D eigenvalue weighted by atomic mass is 9.85. The van der Waals surface area contributed by atoms with Gasteiger partial charge in [-0.2, -0.15) is 0 Å². The first-order chi connectivity index (χ1) is 10.1. The van der Waals surface area contributed by atoms with Gasteiger partial charge in [0.15, 0.2) is 0 Å². The van der Waals surface area contributed by atoms with Crippen LogP contribution in [-0.2, 0) is 9.47 Å². The summed E-state index contributed by atoms with van der Waals surface area (Å²) in [5.41, 5.74) is 3.66. The molecule has 1 aliphatic carbocycles. The highest BCUT2D eigenvalue weighted by Gasteiger charge is 2.43. The number of rotatable bonds is 7. The number of benzene rings is 1. The highest BCUT2D eigenvalue weighted by Crippen LogP contribution is 2.33. The summed E-state index contributed by atoms with van der Waals surface area (Å²) < 4.78 is 17.2. The molecular weight excluding hydrogens is 266 g/mol. The molecule has 0 amide bonds. The van der Waals surface area contributed by atoms with Gasteiger partial charge in [-0.15, -0.1) is 0 Å². The van der Waals surface area contributed by atoms with Crippen LogP contribution in [0.2, 0.25) is 0 Å². The maximum atomic E-state index is 6.26. The van der Waals surface area contributed by atoms with E-state index in [4.69, 9.17) is 14.2 Å². The average Bonchev–Trinajstić information content (AvgIpc) is 2.46. The summed E-state index contributed by atoms with van der Waals surface area (Å²) >= 11 is 0. The van der Waals surface area contributed by atoms with Crippen molar-refractivity contribution in [1.29, 1.82) is 0 Å². The summed E-state index contributed by atoms with van der Waals surface area (Å²) in [6.45, 7) is 7.54. The SMILES string of the molecule is CNC1CC(Oc2c(C)ccc(C)c2C)C1OCCOC. The summed E-state index contributed by atoms with van der Waals surface area (Å²) in [7, 11) is 3.66. The summed E-state index contributed by atoms with van der Waals surface area (Å²) in [4.78, 5) is 0. The molecule has 1 aromatic rings. The molecule has 1 aliphatic rings. The van der Waals surface area contributed by atoms with E-state index in [1.165, 1.54) is 16.7 Å². The van der Waals surface area contributed by atoms with Crippen molar-refractivity contribution in [3.05, 3.63) is 28.8 Å². The van der Waals surface area contributed by atoms with Crippen LogP contribution in [0, 0.1) is 20.8 Å². The van der Waals surface area contributed by atoms with Gasteiger partial charge in [0, 0.05) is 19.6 Å². The third-order valence-corrected chi connectivity index (χ3v) is 4.36. The van der Waals surface area contributed by atoms with E-state index in [9.17, 15) is 0 Å². The molecule has 1 aromatic carbocycles. The first-order valence-corrected chi connectivity index (χ1v) is 7.59. The van der Waals surface area contributed by atoms with E-state index in [1.807, 2.05) is 7.05 Å². The predicted molar refractivity (Wildman–Crippen MR) is 84.1 cm³/mol. The second kappa shape index (κ2) is 7.25. The van der Waals surface area contributed by atoms with Gasteiger partial charge in [0.25, 0.3) is 0 Å². The van der Waals surface area contributed by atoms with Crippen LogP contribution in [0.25, 0.3) is 0 Å². The number of methoxy groups -OCH3 is 1. The largest absolute Gasteiger partial charge is 0.487 e. The fourth-order valence-corrected chi connectivity index (χ4v) is 2.73. The van der Waals surface area contributed by atoms with Crippen molar-refractivity contribution in [3.63, 3.8) is 0 Å². The van der Waals surface area contributed by atoms with Gasteiger partial charge in [-0.1, -0.05) is 12.1 Å². The van der Waals surface area contributed by atoms with E-state index in [2.05, 4.69) is 38.2 Å². The standard InChI is InChI=1S/C17H27NO3/c1-11-6-7-12(2)16(13(11)3)21-15-10-14(18-4)17(15)20-9-8-19-5/h6-7,14-15,17-18H,8-10H2,1-5H3. The van der Waals surface area contributed by atoms with Gasteiger partial charge in [0.2, 0.25) is 0 Å². The van der Waals surface area contributed by atoms with Gasteiger partial charge >= 0.3 is 0 Å². The van der Waals surface area contributed by atoms with Crippen LogP contribution in [-0.4, -0.2) is 45.6 Å². The highest BCUT2D eigenvalue weighted by molar-refractivity contribution is 5.44. The van der Waals surface area contributed by atoms with Crippen molar-refractivity contribution in [2.45, 2.75) is 45.4 Å². The zero-order chi connectivity index (χ0) is 15.4. The van der Waals surface area contributed by atoms with E-state index >= 15 is 0 Å². The van der Waals surface area contributed by atoms with Crippen LogP contribution >= 0.6 is 0 Å². The Labute approximate surface area is 127 Å². The molecule has 4 heteroatoms. The Morgan fingerprint density at radius 2 is 1.86 bits per heavy atom. The second-order valence-corrected chi connectivity index (χ2v) is 5.77. The molecule has 0 saturated heterocycles. The Bertz CT molecular complexity index is 475. The molecule has 2 rings (SSSR count). The van der Waals surface area contributed by atoms with Crippen LogP contribution < -0.4 is 10.1 Å². The van der Waals surface area contributed by atoms with E-state index in [0.29, 0.717) is 19.3 Å². The molecule has 118 valence electrons. The van der Waals surface area contributed by atoms with Crippen molar-refractivity contribution < 1.29 is 14.2 Å². The molecule has 0 radical (unpaired) electrons. The minimum absolute atomic E-state index is 0.0875. The lowest BCUT2D eigenvalue weighted by Crippen LogP contribution is -2.60. The van der Waals surface area contributed by atoms with Gasteiger partial charge in [-0.05, 0) is 44.5 Å². The maximum Gasteiger partial charge on any atom is 0.128 e. The molecule has 1 N–H and O–H groups in total. The van der Waals surface area contributed by atoms with Gasteiger partial charge in [-0.3, -0.25) is 0 Å². The highest BCUT2D eigenvalue weighted by atomic mass is 16.6. The summed E-state index contributed by atoms with van der Waals surface area (Å²) in [5.74, 6) is 1.01. The summed E-state index contributed by atoms with van der Waals surface area (Å²) in [6.07, 6.45) is 1.17. The Morgan fingerprint density at radius 3 is 2.52 bits per heavy atom. The Kier molecular flexibility index (Phi) is 5.62. The zero-order valence-electron chi connectivity index (χ0n) is 13.7. The minimum atomic E-state index is 0.0875. The number of hydrogen-bond donors (Lipinski definition) is 1. The molecule has 0 bridgehead atoms. The maximum absolute atomic E-state index is 6.26. The van der Waals surface area contributed by atoms with E-state index in [0.717, 1.165) is 12.2 Å². The number of hydrogen-bond acceptors (Lipinski definition) is 4. The zero-order valence-corrected chi connectivity index (χ0v) is 13.7. The molecule has 0 aliphatic heterocycles. The van der Waals surface area contributed by atoms with Gasteiger partial charge in [-0.25, -0.2) is 0 Å². The molecule has 3 atom stereocenters. The van der Waals surface area contributed by atoms with Crippen LogP contribution in [0.4, 0.5) is 0 Å². The molecular formula is C17H27NO3. The smallest absolute Gasteiger partial charge is 0.128 e. The molecule has 4 nitrogen and oxygen atoms in total. The Morgan fingerprint density at radius 1 is 1.14 bits per heavy atom. The van der Waals surface area contributed by atoms with Crippen LogP contribution in [0.3, 0.4) is 0 Å². The molecule has 0 spiro atoms. The number of aryl methyl sites for hydroxylation is 2. The first-order valence-electron chi connectivity index (χ1n) is 7.59.